The summed E-state index contributed by atoms with van der Waals surface area (Å²) in [5.41, 5.74) is 4.83. The number of pyridine rings is 1. The second-order valence-corrected chi connectivity index (χ2v) is 8.48. The molecule has 2 aromatic heterocycles. The average molecular weight is 440 g/mol. The lowest BCUT2D eigenvalue weighted by Gasteiger charge is -2.09. The molecule has 31 heavy (non-hydrogen) atoms. The molecule has 0 bridgehead atoms. The number of halogens is 1. The predicted molar refractivity (Wildman–Crippen MR) is 125 cm³/mol. The van der Waals surface area contributed by atoms with Gasteiger partial charge in [0.25, 0.3) is 0 Å². The second kappa shape index (κ2) is 10.6. The summed E-state index contributed by atoms with van der Waals surface area (Å²) in [6.07, 6.45) is 6.30. The van der Waals surface area contributed by atoms with Crippen molar-refractivity contribution in [2.45, 2.75) is 59.0 Å². The van der Waals surface area contributed by atoms with Crippen LogP contribution in [0.4, 0.5) is 0 Å². The summed E-state index contributed by atoms with van der Waals surface area (Å²) in [4.78, 5) is 25.8. The van der Waals surface area contributed by atoms with Gasteiger partial charge in [-0.05, 0) is 68.9 Å². The molecule has 0 aliphatic rings. The number of esters is 1. The van der Waals surface area contributed by atoms with Gasteiger partial charge in [0.2, 0.25) is 5.78 Å². The van der Waals surface area contributed by atoms with Gasteiger partial charge < -0.3 is 9.14 Å². The predicted octanol–water partition coefficient (Wildman–Crippen LogP) is 6.25. The van der Waals surface area contributed by atoms with Gasteiger partial charge >= 0.3 is 5.97 Å². The van der Waals surface area contributed by atoms with Crippen LogP contribution in [-0.2, 0) is 17.6 Å². The van der Waals surface area contributed by atoms with Gasteiger partial charge in [-0.2, -0.15) is 0 Å². The smallest absolute Gasteiger partial charge is 0.338 e. The maximum absolute atomic E-state index is 13.5. The molecule has 0 aliphatic carbocycles. The molecular formula is C26H30ClNO3. The zero-order valence-corrected chi connectivity index (χ0v) is 19.2. The Morgan fingerprint density at radius 1 is 1.00 bits per heavy atom. The number of rotatable bonds is 10. The van der Waals surface area contributed by atoms with E-state index in [1.165, 1.54) is 5.56 Å². The Labute approximate surface area is 189 Å². The van der Waals surface area contributed by atoms with Crippen LogP contribution in [0.2, 0.25) is 0 Å². The SMILES string of the molecule is CCCCc1cc2cc(C(=O)OC(C)C)ccn2c1C(=O)c1ccc(CCCCl)cc1. The van der Waals surface area contributed by atoms with Gasteiger partial charge in [0.05, 0.1) is 17.4 Å². The van der Waals surface area contributed by atoms with E-state index in [0.29, 0.717) is 22.7 Å². The molecule has 0 amide bonds. The highest BCUT2D eigenvalue weighted by Gasteiger charge is 2.20. The zero-order chi connectivity index (χ0) is 22.4. The Hall–Kier alpha value is -2.59. The number of ketones is 1. The number of unbranched alkanes of at least 4 members (excludes halogenated alkanes) is 1. The molecule has 4 nitrogen and oxygen atoms in total. The number of hydrogen-bond acceptors (Lipinski definition) is 3. The van der Waals surface area contributed by atoms with E-state index in [0.717, 1.165) is 43.2 Å². The number of alkyl halides is 1. The Bertz CT molecular complexity index is 1050. The first-order valence-corrected chi connectivity index (χ1v) is 11.5. The molecule has 5 heteroatoms. The zero-order valence-electron chi connectivity index (χ0n) is 18.5. The number of carbonyl (C=O) groups excluding carboxylic acids is 2. The summed E-state index contributed by atoms with van der Waals surface area (Å²) in [6, 6.07) is 13.3. The minimum atomic E-state index is -0.353. The number of ether oxygens (including phenoxy) is 1. The van der Waals surface area contributed by atoms with Crippen LogP contribution >= 0.6 is 11.6 Å². The highest BCUT2D eigenvalue weighted by Crippen LogP contribution is 2.24. The number of benzene rings is 1. The van der Waals surface area contributed by atoms with Crippen molar-refractivity contribution in [3.63, 3.8) is 0 Å². The van der Waals surface area contributed by atoms with Crippen LogP contribution in [0.1, 0.15) is 77.6 Å². The van der Waals surface area contributed by atoms with E-state index >= 15 is 0 Å². The molecule has 0 atom stereocenters. The van der Waals surface area contributed by atoms with E-state index in [4.69, 9.17) is 16.3 Å². The van der Waals surface area contributed by atoms with Crippen LogP contribution in [-0.4, -0.2) is 28.1 Å². The van der Waals surface area contributed by atoms with Crippen molar-refractivity contribution in [1.82, 2.24) is 4.40 Å². The van der Waals surface area contributed by atoms with E-state index in [9.17, 15) is 9.59 Å². The summed E-state index contributed by atoms with van der Waals surface area (Å²) in [6.45, 7) is 5.79. The van der Waals surface area contributed by atoms with Crippen LogP contribution in [0, 0.1) is 0 Å². The highest BCUT2D eigenvalue weighted by molar-refractivity contribution is 6.17. The topological polar surface area (TPSA) is 47.8 Å². The van der Waals surface area contributed by atoms with E-state index < -0.39 is 0 Å². The van der Waals surface area contributed by atoms with Gasteiger partial charge in [0.1, 0.15) is 0 Å². The molecule has 0 aliphatic heterocycles. The van der Waals surface area contributed by atoms with Crippen LogP contribution in [0.15, 0.2) is 48.7 Å². The fourth-order valence-corrected chi connectivity index (χ4v) is 3.82. The largest absolute Gasteiger partial charge is 0.459 e. The molecule has 0 fully saturated rings. The molecule has 0 N–H and O–H groups in total. The standard InChI is InChI=1S/C26H30ClNO3/c1-4-5-8-21-16-23-17-22(26(30)31-18(2)3)13-15-28(23)24(21)25(29)20-11-9-19(10-12-20)7-6-14-27/h9-13,15-18H,4-8,14H2,1-3H3. The molecule has 1 aromatic carbocycles. The fourth-order valence-electron chi connectivity index (χ4n) is 3.69. The minimum absolute atomic E-state index is 0.00694. The molecule has 0 unspecified atom stereocenters. The van der Waals surface area contributed by atoms with Crippen molar-refractivity contribution >= 4 is 28.9 Å². The Kier molecular flexibility index (Phi) is 7.91. The molecule has 0 saturated carbocycles. The van der Waals surface area contributed by atoms with Crippen molar-refractivity contribution in [1.29, 1.82) is 0 Å². The Morgan fingerprint density at radius 3 is 2.39 bits per heavy atom. The maximum Gasteiger partial charge on any atom is 0.338 e. The van der Waals surface area contributed by atoms with Crippen molar-refractivity contribution in [3.05, 3.63) is 76.6 Å². The monoisotopic (exact) mass is 439 g/mol. The van der Waals surface area contributed by atoms with Crippen molar-refractivity contribution in [2.75, 3.05) is 5.88 Å². The van der Waals surface area contributed by atoms with Crippen molar-refractivity contribution < 1.29 is 14.3 Å². The van der Waals surface area contributed by atoms with E-state index in [-0.39, 0.29) is 17.9 Å². The van der Waals surface area contributed by atoms with Gasteiger partial charge in [0, 0.05) is 23.2 Å². The van der Waals surface area contributed by atoms with Gasteiger partial charge in [-0.3, -0.25) is 4.79 Å². The summed E-state index contributed by atoms with van der Waals surface area (Å²) >= 11 is 5.78. The summed E-state index contributed by atoms with van der Waals surface area (Å²) < 4.78 is 7.21. The Morgan fingerprint density at radius 2 is 1.74 bits per heavy atom. The molecule has 2 heterocycles. The third kappa shape index (κ3) is 5.56. The average Bonchev–Trinajstić information content (AvgIpc) is 3.13. The molecule has 0 saturated heterocycles. The van der Waals surface area contributed by atoms with Gasteiger partial charge in [-0.15, -0.1) is 11.6 Å². The molecule has 164 valence electrons. The minimum Gasteiger partial charge on any atom is -0.459 e. The maximum atomic E-state index is 13.5. The van der Waals surface area contributed by atoms with E-state index in [1.807, 2.05) is 48.6 Å². The molecule has 0 radical (unpaired) electrons. The molecule has 3 rings (SSSR count). The van der Waals surface area contributed by atoms with Crippen molar-refractivity contribution in [3.8, 4) is 0 Å². The lowest BCUT2D eigenvalue weighted by molar-refractivity contribution is 0.0378. The van der Waals surface area contributed by atoms with Crippen LogP contribution < -0.4 is 0 Å². The molecular weight excluding hydrogens is 410 g/mol. The van der Waals surface area contributed by atoms with E-state index in [1.54, 1.807) is 18.3 Å². The number of hydrogen-bond donors (Lipinski definition) is 0. The van der Waals surface area contributed by atoms with Crippen LogP contribution in [0.3, 0.4) is 0 Å². The first-order valence-electron chi connectivity index (χ1n) is 11.0. The molecule has 0 spiro atoms. The lowest BCUT2D eigenvalue weighted by Crippen LogP contribution is -2.12. The van der Waals surface area contributed by atoms with Crippen LogP contribution in [0.5, 0.6) is 0 Å². The van der Waals surface area contributed by atoms with Gasteiger partial charge in [-0.1, -0.05) is 37.6 Å². The molecule has 3 aromatic rings. The number of carbonyl (C=O) groups is 2. The number of aryl methyl sites for hydroxylation is 2. The quantitative estimate of drug-likeness (QED) is 0.213. The lowest BCUT2D eigenvalue weighted by atomic mass is 10.00. The summed E-state index contributed by atoms with van der Waals surface area (Å²) in [5.74, 6) is 0.270. The third-order valence-electron chi connectivity index (χ3n) is 5.26. The second-order valence-electron chi connectivity index (χ2n) is 8.10. The fraction of sp³-hybridized carbons (Fsp3) is 0.385. The first kappa shape index (κ1) is 23.1. The first-order chi connectivity index (χ1) is 14.9. The normalized spacial score (nSPS) is 11.3. The summed E-state index contributed by atoms with van der Waals surface area (Å²) in [7, 11) is 0. The number of fused-ring (bicyclic) bond motifs is 1. The van der Waals surface area contributed by atoms with Crippen LogP contribution in [0.25, 0.3) is 5.52 Å². The third-order valence-corrected chi connectivity index (χ3v) is 5.53. The van der Waals surface area contributed by atoms with Gasteiger partial charge in [-0.25, -0.2) is 4.79 Å². The van der Waals surface area contributed by atoms with E-state index in [2.05, 4.69) is 6.92 Å². The summed E-state index contributed by atoms with van der Waals surface area (Å²) in [5, 5.41) is 0. The van der Waals surface area contributed by atoms with Gasteiger partial charge in [0.15, 0.2) is 0 Å². The Balaban J connectivity index is 1.98. The van der Waals surface area contributed by atoms with Crippen molar-refractivity contribution in [2.24, 2.45) is 0 Å². The highest BCUT2D eigenvalue weighted by atomic mass is 35.5. The number of nitrogens with zero attached hydrogens (tertiary/aromatic N) is 1. The number of aromatic nitrogens is 1.